The van der Waals surface area contributed by atoms with E-state index in [1.54, 1.807) is 12.3 Å². The Kier molecular flexibility index (Phi) is 4.63. The number of ether oxygens (including phenoxy) is 1. The van der Waals surface area contributed by atoms with Crippen molar-refractivity contribution in [3.63, 3.8) is 0 Å². The predicted molar refractivity (Wildman–Crippen MR) is 96.4 cm³/mol. The van der Waals surface area contributed by atoms with Gasteiger partial charge < -0.3 is 9.72 Å². The number of carbonyl (C=O) groups excluding carboxylic acids is 1. The Balaban J connectivity index is 2.12. The molecule has 0 aliphatic heterocycles. The van der Waals surface area contributed by atoms with Crippen molar-refractivity contribution in [2.75, 3.05) is 7.11 Å². The molecule has 126 valence electrons. The van der Waals surface area contributed by atoms with E-state index in [2.05, 4.69) is 19.7 Å². The lowest BCUT2D eigenvalue weighted by atomic mass is 10.1. The summed E-state index contributed by atoms with van der Waals surface area (Å²) >= 11 is 6.31. The van der Waals surface area contributed by atoms with E-state index < -0.39 is 5.97 Å². The normalized spacial score (nSPS) is 11.6. The molecule has 0 aliphatic carbocycles. The summed E-state index contributed by atoms with van der Waals surface area (Å²) in [6.45, 7) is 1.90. The standard InChI is InChI=1S/C18H14ClN3O3/c1-10-4-3-7-20-14(10)9-13(19)16-21-15-8-11(18(24)25-2)5-6-12(15)17(23)22-16/h3-9H,1-2H3,(H,21,22,23). The number of aromatic nitrogens is 3. The number of nitrogens with zero attached hydrogens (tertiary/aromatic N) is 2. The zero-order chi connectivity index (χ0) is 18.0. The average molecular weight is 356 g/mol. The zero-order valence-corrected chi connectivity index (χ0v) is 14.3. The number of hydrogen-bond donors (Lipinski definition) is 1. The maximum Gasteiger partial charge on any atom is 0.337 e. The topological polar surface area (TPSA) is 84.9 Å². The second-order valence-corrected chi connectivity index (χ2v) is 5.74. The minimum absolute atomic E-state index is 0.200. The number of H-pyrrole nitrogens is 1. The maximum atomic E-state index is 12.3. The van der Waals surface area contributed by atoms with Gasteiger partial charge in [-0.2, -0.15) is 0 Å². The molecule has 2 heterocycles. The Morgan fingerprint density at radius 3 is 2.84 bits per heavy atom. The van der Waals surface area contributed by atoms with Crippen LogP contribution in [0.25, 0.3) is 22.0 Å². The van der Waals surface area contributed by atoms with E-state index in [0.717, 1.165) is 5.56 Å². The highest BCUT2D eigenvalue weighted by molar-refractivity contribution is 6.50. The molecule has 25 heavy (non-hydrogen) atoms. The van der Waals surface area contributed by atoms with Crippen LogP contribution < -0.4 is 5.56 Å². The summed E-state index contributed by atoms with van der Waals surface area (Å²) in [7, 11) is 1.29. The molecule has 6 nitrogen and oxygen atoms in total. The van der Waals surface area contributed by atoms with Crippen LogP contribution in [0.15, 0.2) is 41.3 Å². The first-order valence-electron chi connectivity index (χ1n) is 7.41. The highest BCUT2D eigenvalue weighted by Crippen LogP contribution is 2.21. The third-order valence-corrected chi connectivity index (χ3v) is 3.96. The number of rotatable bonds is 3. The van der Waals surface area contributed by atoms with Gasteiger partial charge in [-0.05, 0) is 42.8 Å². The largest absolute Gasteiger partial charge is 0.465 e. The van der Waals surface area contributed by atoms with Gasteiger partial charge in [0.05, 0.1) is 34.3 Å². The quantitative estimate of drug-likeness (QED) is 0.729. The molecular formula is C18H14ClN3O3. The molecule has 0 saturated carbocycles. The molecule has 0 unspecified atom stereocenters. The van der Waals surface area contributed by atoms with Gasteiger partial charge in [0.15, 0.2) is 5.82 Å². The molecule has 0 spiro atoms. The Morgan fingerprint density at radius 1 is 1.32 bits per heavy atom. The molecule has 2 aromatic heterocycles. The molecule has 7 heteroatoms. The van der Waals surface area contributed by atoms with Crippen molar-refractivity contribution in [1.29, 1.82) is 0 Å². The number of esters is 1. The number of benzene rings is 1. The molecule has 0 bridgehead atoms. The van der Waals surface area contributed by atoms with Crippen LogP contribution in [-0.4, -0.2) is 28.0 Å². The fraction of sp³-hybridized carbons (Fsp3) is 0.111. The molecule has 0 fully saturated rings. The smallest absolute Gasteiger partial charge is 0.337 e. The number of aryl methyl sites for hydroxylation is 1. The molecule has 1 N–H and O–H groups in total. The number of halogens is 1. The van der Waals surface area contributed by atoms with Gasteiger partial charge in [0.25, 0.3) is 5.56 Å². The molecular weight excluding hydrogens is 342 g/mol. The summed E-state index contributed by atoms with van der Waals surface area (Å²) in [5.41, 5.74) is 1.93. The van der Waals surface area contributed by atoms with Crippen molar-refractivity contribution >= 4 is 39.6 Å². The third kappa shape index (κ3) is 3.44. The first-order valence-corrected chi connectivity index (χ1v) is 7.79. The Hall–Kier alpha value is -2.99. The van der Waals surface area contributed by atoms with Gasteiger partial charge in [-0.15, -0.1) is 0 Å². The van der Waals surface area contributed by atoms with E-state index in [0.29, 0.717) is 22.2 Å². The first kappa shape index (κ1) is 16.9. The monoisotopic (exact) mass is 355 g/mol. The fourth-order valence-corrected chi connectivity index (χ4v) is 2.53. The van der Waals surface area contributed by atoms with Crippen molar-refractivity contribution < 1.29 is 9.53 Å². The second kappa shape index (κ2) is 6.86. The summed E-state index contributed by atoms with van der Waals surface area (Å²) in [5.74, 6) is -0.303. The van der Waals surface area contributed by atoms with Crippen LogP contribution in [-0.2, 0) is 4.74 Å². The van der Waals surface area contributed by atoms with Crippen LogP contribution in [0, 0.1) is 6.92 Å². The van der Waals surface area contributed by atoms with Gasteiger partial charge in [-0.25, -0.2) is 9.78 Å². The summed E-state index contributed by atoms with van der Waals surface area (Å²) in [6, 6.07) is 8.26. The molecule has 0 amide bonds. The Morgan fingerprint density at radius 2 is 2.12 bits per heavy atom. The van der Waals surface area contributed by atoms with Crippen molar-refractivity contribution in [2.45, 2.75) is 6.92 Å². The van der Waals surface area contributed by atoms with E-state index in [-0.39, 0.29) is 16.4 Å². The molecule has 0 atom stereocenters. The van der Waals surface area contributed by atoms with Crippen molar-refractivity contribution in [3.8, 4) is 0 Å². The van der Waals surface area contributed by atoms with Crippen molar-refractivity contribution in [1.82, 2.24) is 15.0 Å². The lowest BCUT2D eigenvalue weighted by molar-refractivity contribution is 0.0601. The van der Waals surface area contributed by atoms with Crippen LogP contribution in [0.3, 0.4) is 0 Å². The number of hydrogen-bond acceptors (Lipinski definition) is 5. The predicted octanol–water partition coefficient (Wildman–Crippen LogP) is 3.15. The van der Waals surface area contributed by atoms with E-state index in [1.807, 2.05) is 19.1 Å². The Labute approximate surface area is 148 Å². The van der Waals surface area contributed by atoms with E-state index in [4.69, 9.17) is 11.6 Å². The number of aromatic amines is 1. The summed E-state index contributed by atoms with van der Waals surface area (Å²) in [5, 5.41) is 0.596. The molecule has 3 aromatic rings. The van der Waals surface area contributed by atoms with E-state index in [9.17, 15) is 9.59 Å². The van der Waals surface area contributed by atoms with Crippen LogP contribution in [0.5, 0.6) is 0 Å². The number of fused-ring (bicyclic) bond motifs is 1. The van der Waals surface area contributed by atoms with Gasteiger partial charge in [0.1, 0.15) is 0 Å². The first-order chi connectivity index (χ1) is 12.0. The summed E-state index contributed by atoms with van der Waals surface area (Å²) < 4.78 is 4.69. The van der Waals surface area contributed by atoms with E-state index >= 15 is 0 Å². The molecule has 3 rings (SSSR count). The van der Waals surface area contributed by atoms with Crippen LogP contribution >= 0.6 is 11.6 Å². The van der Waals surface area contributed by atoms with Crippen LogP contribution in [0.4, 0.5) is 0 Å². The second-order valence-electron chi connectivity index (χ2n) is 5.34. The van der Waals surface area contributed by atoms with Gasteiger partial charge in [0, 0.05) is 6.20 Å². The lowest BCUT2D eigenvalue weighted by Crippen LogP contribution is -2.11. The van der Waals surface area contributed by atoms with Crippen LogP contribution in [0.2, 0.25) is 0 Å². The summed E-state index contributed by atoms with van der Waals surface area (Å²) in [4.78, 5) is 35.1. The molecule has 1 aromatic carbocycles. The fourth-order valence-electron chi connectivity index (χ4n) is 2.33. The number of pyridine rings is 1. The molecule has 0 radical (unpaired) electrons. The SMILES string of the molecule is COC(=O)c1ccc2c(=O)[nH]c(C(Cl)=Cc3ncccc3C)nc2c1. The van der Waals surface area contributed by atoms with E-state index in [1.165, 1.54) is 25.3 Å². The Bertz CT molecular complexity index is 1060. The van der Waals surface area contributed by atoms with Gasteiger partial charge in [0.2, 0.25) is 0 Å². The number of carbonyl (C=O) groups is 1. The number of nitrogens with one attached hydrogen (secondary N) is 1. The minimum Gasteiger partial charge on any atom is -0.465 e. The minimum atomic E-state index is -0.503. The summed E-state index contributed by atoms with van der Waals surface area (Å²) in [6.07, 6.45) is 3.29. The number of methoxy groups -OCH3 is 1. The third-order valence-electron chi connectivity index (χ3n) is 3.67. The molecule has 0 saturated heterocycles. The molecule has 0 aliphatic rings. The van der Waals surface area contributed by atoms with Crippen molar-refractivity contribution in [3.05, 3.63) is 69.5 Å². The zero-order valence-electron chi connectivity index (χ0n) is 13.5. The average Bonchev–Trinajstić information content (AvgIpc) is 2.62. The lowest BCUT2D eigenvalue weighted by Gasteiger charge is -2.05. The van der Waals surface area contributed by atoms with Gasteiger partial charge in [-0.3, -0.25) is 9.78 Å². The maximum absolute atomic E-state index is 12.3. The van der Waals surface area contributed by atoms with Gasteiger partial charge in [-0.1, -0.05) is 17.7 Å². The van der Waals surface area contributed by atoms with Gasteiger partial charge >= 0.3 is 5.97 Å². The van der Waals surface area contributed by atoms with Crippen molar-refractivity contribution in [2.24, 2.45) is 0 Å². The van der Waals surface area contributed by atoms with Crippen LogP contribution in [0.1, 0.15) is 27.4 Å². The highest BCUT2D eigenvalue weighted by atomic mass is 35.5. The highest BCUT2D eigenvalue weighted by Gasteiger charge is 2.11.